The van der Waals surface area contributed by atoms with Crippen LogP contribution < -0.4 is 5.32 Å². The number of halogens is 3. The van der Waals surface area contributed by atoms with Gasteiger partial charge >= 0.3 is 12.1 Å². The van der Waals surface area contributed by atoms with E-state index < -0.39 is 23.6 Å². The zero-order valence-electron chi connectivity index (χ0n) is 12.5. The summed E-state index contributed by atoms with van der Waals surface area (Å²) in [7, 11) is 1.23. The minimum Gasteiger partial charge on any atom is -0.465 e. The predicted molar refractivity (Wildman–Crippen MR) is 88.2 cm³/mol. The van der Waals surface area contributed by atoms with Crippen LogP contribution in [0.5, 0.6) is 0 Å². The molecule has 2 heterocycles. The lowest BCUT2D eigenvalue weighted by Crippen LogP contribution is -2.09. The largest absolute Gasteiger partial charge is 0.465 e. The molecule has 0 unspecified atom stereocenters. The summed E-state index contributed by atoms with van der Waals surface area (Å²) < 4.78 is 43.1. The number of anilines is 1. The van der Waals surface area contributed by atoms with Gasteiger partial charge in [0.05, 0.1) is 27.8 Å². The third kappa shape index (κ3) is 3.64. The molecule has 3 aromatic rings. The van der Waals surface area contributed by atoms with Crippen molar-refractivity contribution >= 4 is 49.9 Å². The second kappa shape index (κ2) is 6.45. The van der Waals surface area contributed by atoms with Gasteiger partial charge in [-0.1, -0.05) is 11.3 Å². The van der Waals surface area contributed by atoms with Gasteiger partial charge in [0.1, 0.15) is 4.88 Å². The molecular formula is C15H9F3N2O3S2. The number of ether oxygens (including phenoxy) is 1. The van der Waals surface area contributed by atoms with Gasteiger partial charge in [-0.2, -0.15) is 13.2 Å². The van der Waals surface area contributed by atoms with E-state index in [2.05, 4.69) is 15.0 Å². The van der Waals surface area contributed by atoms with Crippen molar-refractivity contribution in [3.63, 3.8) is 0 Å². The number of thiophene rings is 1. The van der Waals surface area contributed by atoms with Gasteiger partial charge in [-0.3, -0.25) is 10.1 Å². The number of alkyl halides is 3. The quantitative estimate of drug-likeness (QED) is 0.677. The van der Waals surface area contributed by atoms with Gasteiger partial charge in [0, 0.05) is 0 Å². The summed E-state index contributed by atoms with van der Waals surface area (Å²) in [5.74, 6) is -1.06. The Kier molecular flexibility index (Phi) is 4.48. The maximum absolute atomic E-state index is 12.7. The van der Waals surface area contributed by atoms with Gasteiger partial charge in [0.15, 0.2) is 5.13 Å². The summed E-state index contributed by atoms with van der Waals surface area (Å²) in [5, 5.41) is 2.70. The van der Waals surface area contributed by atoms with Crippen LogP contribution in [0.1, 0.15) is 24.9 Å². The number of nitrogens with zero attached hydrogens (tertiary/aromatic N) is 1. The lowest BCUT2D eigenvalue weighted by molar-refractivity contribution is -0.137. The van der Waals surface area contributed by atoms with Crippen LogP contribution >= 0.6 is 22.7 Å². The van der Waals surface area contributed by atoms with Gasteiger partial charge in [0.2, 0.25) is 0 Å². The van der Waals surface area contributed by atoms with Crippen LogP contribution in [0.4, 0.5) is 18.3 Å². The first-order valence-corrected chi connectivity index (χ1v) is 8.38. The molecule has 1 aromatic carbocycles. The SMILES string of the molecule is COC(=O)c1ccc(C(=O)Nc2nc3ccc(C(F)(F)F)cc3s2)s1. The summed E-state index contributed by atoms with van der Waals surface area (Å²) in [6.07, 6.45) is -4.44. The van der Waals surface area contributed by atoms with Gasteiger partial charge in [0.25, 0.3) is 5.91 Å². The third-order valence-electron chi connectivity index (χ3n) is 3.15. The van der Waals surface area contributed by atoms with E-state index >= 15 is 0 Å². The Bertz CT molecular complexity index is 962. The van der Waals surface area contributed by atoms with E-state index in [1.54, 1.807) is 0 Å². The summed E-state index contributed by atoms with van der Waals surface area (Å²) in [4.78, 5) is 28.2. The lowest BCUT2D eigenvalue weighted by atomic mass is 10.2. The Labute approximate surface area is 147 Å². The average molecular weight is 386 g/mol. The molecule has 3 rings (SSSR count). The van der Waals surface area contributed by atoms with Gasteiger partial charge < -0.3 is 4.74 Å². The maximum Gasteiger partial charge on any atom is 0.416 e. The Hall–Kier alpha value is -2.46. The molecule has 130 valence electrons. The van der Waals surface area contributed by atoms with Crippen LogP contribution in [0.25, 0.3) is 10.2 Å². The van der Waals surface area contributed by atoms with Crippen LogP contribution in [0.15, 0.2) is 30.3 Å². The van der Waals surface area contributed by atoms with Crippen LogP contribution in [0, 0.1) is 0 Å². The van der Waals surface area contributed by atoms with Crippen molar-refractivity contribution < 1.29 is 27.5 Å². The standard InChI is InChI=1S/C15H9F3N2O3S2/c1-23-13(22)10-5-4-9(24-10)12(21)20-14-19-8-3-2-7(15(16,17)18)6-11(8)25-14/h2-6H,1H3,(H,19,20,21). The molecule has 0 aliphatic rings. The monoisotopic (exact) mass is 386 g/mol. The van der Waals surface area contributed by atoms with Crippen LogP contribution in [0.3, 0.4) is 0 Å². The summed E-state index contributed by atoms with van der Waals surface area (Å²) >= 11 is 1.89. The van der Waals surface area contributed by atoms with Crippen molar-refractivity contribution in [3.05, 3.63) is 45.6 Å². The molecule has 25 heavy (non-hydrogen) atoms. The van der Waals surface area contributed by atoms with Crippen LogP contribution in [-0.4, -0.2) is 24.0 Å². The molecule has 2 aromatic heterocycles. The molecule has 10 heteroatoms. The van der Waals surface area contributed by atoms with Crippen molar-refractivity contribution in [2.24, 2.45) is 0 Å². The molecule has 1 amide bonds. The topological polar surface area (TPSA) is 68.3 Å². The highest BCUT2D eigenvalue weighted by Gasteiger charge is 2.30. The molecule has 0 aliphatic heterocycles. The first kappa shape index (κ1) is 17.4. The Morgan fingerprint density at radius 1 is 1.12 bits per heavy atom. The molecule has 0 spiro atoms. The molecular weight excluding hydrogens is 377 g/mol. The van der Waals surface area contributed by atoms with E-state index in [4.69, 9.17) is 0 Å². The number of hydrogen-bond acceptors (Lipinski definition) is 6. The molecule has 1 N–H and O–H groups in total. The molecule has 0 saturated heterocycles. The number of benzene rings is 1. The number of aromatic nitrogens is 1. The van der Waals surface area contributed by atoms with Gasteiger partial charge in [-0.15, -0.1) is 11.3 Å². The van der Waals surface area contributed by atoms with Crippen LogP contribution in [0.2, 0.25) is 0 Å². The Balaban J connectivity index is 1.81. The number of thiazole rings is 1. The van der Waals surface area contributed by atoms with E-state index in [0.29, 0.717) is 10.2 Å². The highest BCUT2D eigenvalue weighted by Crippen LogP contribution is 2.34. The Morgan fingerprint density at radius 2 is 1.84 bits per heavy atom. The molecule has 0 aliphatic carbocycles. The zero-order chi connectivity index (χ0) is 18.2. The van der Waals surface area contributed by atoms with E-state index in [9.17, 15) is 22.8 Å². The second-order valence-electron chi connectivity index (χ2n) is 4.81. The van der Waals surface area contributed by atoms with E-state index in [-0.39, 0.29) is 14.9 Å². The number of carbonyl (C=O) groups excluding carboxylic acids is 2. The number of rotatable bonds is 3. The molecule has 0 fully saturated rings. The van der Waals surface area contributed by atoms with Crippen molar-refractivity contribution in [2.45, 2.75) is 6.18 Å². The number of esters is 1. The minimum atomic E-state index is -4.44. The molecule has 0 radical (unpaired) electrons. The molecule has 0 saturated carbocycles. The Morgan fingerprint density at radius 3 is 2.52 bits per heavy atom. The minimum absolute atomic E-state index is 0.173. The number of nitrogens with one attached hydrogen (secondary N) is 1. The summed E-state index contributed by atoms with van der Waals surface area (Å²) in [6.45, 7) is 0. The normalized spacial score (nSPS) is 11.5. The summed E-state index contributed by atoms with van der Waals surface area (Å²) in [5.41, 5.74) is -0.419. The highest BCUT2D eigenvalue weighted by molar-refractivity contribution is 7.22. The van der Waals surface area contributed by atoms with Crippen LogP contribution in [-0.2, 0) is 10.9 Å². The first-order chi connectivity index (χ1) is 11.8. The highest BCUT2D eigenvalue weighted by atomic mass is 32.1. The van der Waals surface area contributed by atoms with E-state index in [1.807, 2.05) is 0 Å². The number of carbonyl (C=O) groups is 2. The third-order valence-corrected chi connectivity index (χ3v) is 5.15. The predicted octanol–water partition coefficient (Wildman–Crippen LogP) is 4.42. The molecule has 0 bridgehead atoms. The van der Waals surface area contributed by atoms with E-state index in [0.717, 1.165) is 34.8 Å². The number of methoxy groups -OCH3 is 1. The average Bonchev–Trinajstić information content (AvgIpc) is 3.18. The van der Waals surface area contributed by atoms with Gasteiger partial charge in [-0.25, -0.2) is 9.78 Å². The fourth-order valence-electron chi connectivity index (χ4n) is 1.98. The van der Waals surface area contributed by atoms with E-state index in [1.165, 1.54) is 25.3 Å². The first-order valence-electron chi connectivity index (χ1n) is 6.75. The maximum atomic E-state index is 12.7. The second-order valence-corrected chi connectivity index (χ2v) is 6.92. The zero-order valence-corrected chi connectivity index (χ0v) is 14.1. The summed E-state index contributed by atoms with van der Waals surface area (Å²) in [6, 6.07) is 6.10. The number of hydrogen-bond donors (Lipinski definition) is 1. The molecule has 0 atom stereocenters. The number of fused-ring (bicyclic) bond motifs is 1. The number of amides is 1. The molecule has 5 nitrogen and oxygen atoms in total. The van der Waals surface area contributed by atoms with Crippen molar-refractivity contribution in [1.82, 2.24) is 4.98 Å². The van der Waals surface area contributed by atoms with Crippen molar-refractivity contribution in [3.8, 4) is 0 Å². The van der Waals surface area contributed by atoms with Gasteiger partial charge in [-0.05, 0) is 30.3 Å². The van der Waals surface area contributed by atoms with Crippen molar-refractivity contribution in [1.29, 1.82) is 0 Å². The lowest BCUT2D eigenvalue weighted by Gasteiger charge is -2.04. The van der Waals surface area contributed by atoms with Crippen molar-refractivity contribution in [2.75, 3.05) is 12.4 Å². The fraction of sp³-hybridized carbons (Fsp3) is 0.133. The fourth-order valence-corrected chi connectivity index (χ4v) is 3.70. The smallest absolute Gasteiger partial charge is 0.416 e.